The first-order valence-corrected chi connectivity index (χ1v) is 7.50. The van der Waals surface area contributed by atoms with Crippen LogP contribution in [-0.2, 0) is 0 Å². The van der Waals surface area contributed by atoms with Gasteiger partial charge < -0.3 is 0 Å². The third kappa shape index (κ3) is 4.46. The molecule has 0 aliphatic carbocycles. The fraction of sp³-hybridized carbons (Fsp3) is 0.375. The summed E-state index contributed by atoms with van der Waals surface area (Å²) in [7, 11) is 0. The van der Waals surface area contributed by atoms with E-state index < -0.39 is 0 Å². The van der Waals surface area contributed by atoms with Crippen LogP contribution in [0.4, 0.5) is 0 Å². The van der Waals surface area contributed by atoms with Crippen LogP contribution in [0.2, 0.25) is 5.02 Å². The van der Waals surface area contributed by atoms with Crippen molar-refractivity contribution in [2.45, 2.75) is 40.5 Å². The Bertz CT molecular complexity index is 558. The second kappa shape index (κ2) is 8.23. The molecule has 4 heteroatoms. The molecule has 0 fully saturated rings. The van der Waals surface area contributed by atoms with Crippen molar-refractivity contribution < 1.29 is 0 Å². The van der Waals surface area contributed by atoms with Crippen molar-refractivity contribution in [3.8, 4) is 0 Å². The molecule has 108 valence electrons. The fourth-order valence-corrected chi connectivity index (χ4v) is 2.42. The third-order valence-electron chi connectivity index (χ3n) is 2.86. The lowest BCUT2D eigenvalue weighted by Gasteiger charge is -2.09. The highest BCUT2D eigenvalue weighted by Crippen LogP contribution is 2.23. The van der Waals surface area contributed by atoms with E-state index in [2.05, 4.69) is 16.9 Å². The van der Waals surface area contributed by atoms with E-state index in [4.69, 9.17) is 23.2 Å². The molecule has 0 amide bonds. The average molecular weight is 311 g/mol. The molecule has 0 saturated heterocycles. The average Bonchev–Trinajstić information content (AvgIpc) is 2.41. The lowest BCUT2D eigenvalue weighted by molar-refractivity contribution is 1.04. The first-order valence-electron chi connectivity index (χ1n) is 6.74. The van der Waals surface area contributed by atoms with E-state index in [-0.39, 0.29) is 0 Å². The van der Waals surface area contributed by atoms with Crippen molar-refractivity contribution in [1.29, 1.82) is 0 Å². The third-order valence-corrected chi connectivity index (χ3v) is 3.48. The van der Waals surface area contributed by atoms with E-state index in [9.17, 15) is 0 Å². The van der Waals surface area contributed by atoms with Crippen molar-refractivity contribution in [2.24, 2.45) is 9.98 Å². The van der Waals surface area contributed by atoms with Gasteiger partial charge in [0.25, 0.3) is 0 Å². The van der Waals surface area contributed by atoms with E-state index in [1.165, 1.54) is 0 Å². The van der Waals surface area contributed by atoms with Crippen LogP contribution in [0.5, 0.6) is 0 Å². The molecule has 0 aliphatic heterocycles. The quantitative estimate of drug-likeness (QED) is 0.488. The summed E-state index contributed by atoms with van der Waals surface area (Å²) in [6.07, 6.45) is 3.17. The van der Waals surface area contributed by atoms with Crippen LogP contribution in [0.1, 0.15) is 44.7 Å². The molecule has 0 heterocycles. The number of hydrogen-bond donors (Lipinski definition) is 0. The molecule has 0 aromatic heterocycles. The Hall–Kier alpha value is -1.12. The predicted octanol–water partition coefficient (Wildman–Crippen LogP) is 5.76. The van der Waals surface area contributed by atoms with Crippen molar-refractivity contribution in [1.82, 2.24) is 0 Å². The number of aryl methyl sites for hydroxylation is 1. The van der Waals surface area contributed by atoms with Gasteiger partial charge in [0.05, 0.1) is 5.70 Å². The number of allylic oxidation sites excluding steroid dienone is 1. The Kier molecular flexibility index (Phi) is 6.97. The molecule has 1 aromatic carbocycles. The van der Waals surface area contributed by atoms with Gasteiger partial charge in [0.2, 0.25) is 0 Å². The van der Waals surface area contributed by atoms with Gasteiger partial charge in [-0.05, 0) is 38.3 Å². The summed E-state index contributed by atoms with van der Waals surface area (Å²) in [5, 5.41) is 1.15. The van der Waals surface area contributed by atoms with Gasteiger partial charge in [0, 0.05) is 22.5 Å². The van der Waals surface area contributed by atoms with Crippen LogP contribution >= 0.6 is 23.2 Å². The summed E-state index contributed by atoms with van der Waals surface area (Å²) >= 11 is 12.5. The molecule has 0 spiro atoms. The molecule has 0 bridgehead atoms. The number of hydrogen-bond acceptors (Lipinski definition) is 2. The second-order valence-corrected chi connectivity index (χ2v) is 5.14. The van der Waals surface area contributed by atoms with Crippen LogP contribution in [0.25, 0.3) is 0 Å². The van der Waals surface area contributed by atoms with E-state index in [0.717, 1.165) is 40.4 Å². The van der Waals surface area contributed by atoms with Crippen LogP contribution < -0.4 is 0 Å². The molecule has 0 atom stereocenters. The Morgan fingerprint density at radius 3 is 2.45 bits per heavy atom. The lowest BCUT2D eigenvalue weighted by Crippen LogP contribution is -2.01. The standard InChI is InChI=1S/C16H20Cl2N2/c1-5-14(12-9-8-11(4)10-13(12)17)20-15(6-2)16(18)19-7-3/h7-10H,5-6H2,1-4H3/b16-15+,19-7-,20-14?. The predicted molar refractivity (Wildman–Crippen MR) is 90.4 cm³/mol. The minimum Gasteiger partial charge on any atom is -0.254 e. The van der Waals surface area contributed by atoms with Gasteiger partial charge in [-0.1, -0.05) is 49.2 Å². The largest absolute Gasteiger partial charge is 0.254 e. The highest BCUT2D eigenvalue weighted by Gasteiger charge is 2.09. The first-order chi connectivity index (χ1) is 9.53. The molecule has 0 unspecified atom stereocenters. The van der Waals surface area contributed by atoms with Crippen molar-refractivity contribution in [3.63, 3.8) is 0 Å². The molecule has 0 aliphatic rings. The molecular formula is C16H20Cl2N2. The molecule has 1 aromatic rings. The Morgan fingerprint density at radius 2 is 1.95 bits per heavy atom. The summed E-state index contributed by atoms with van der Waals surface area (Å²) in [5.74, 6) is 0. The van der Waals surface area contributed by atoms with Gasteiger partial charge in [-0.15, -0.1) is 0 Å². The highest BCUT2D eigenvalue weighted by atomic mass is 35.5. The number of rotatable bonds is 5. The van der Waals surface area contributed by atoms with Crippen LogP contribution in [0.3, 0.4) is 0 Å². The lowest BCUT2D eigenvalue weighted by atomic mass is 10.1. The molecule has 1 rings (SSSR count). The number of halogens is 2. The minimum absolute atomic E-state index is 0.434. The van der Waals surface area contributed by atoms with Crippen LogP contribution in [0, 0.1) is 6.92 Å². The van der Waals surface area contributed by atoms with Gasteiger partial charge in [0.15, 0.2) is 0 Å². The summed E-state index contributed by atoms with van der Waals surface area (Å²) < 4.78 is 0. The van der Waals surface area contributed by atoms with Crippen LogP contribution in [0.15, 0.2) is 39.0 Å². The smallest absolute Gasteiger partial charge is 0.150 e. The number of aliphatic imine (C=N–C) groups is 2. The first kappa shape index (κ1) is 16.9. The number of nitrogens with zero attached hydrogens (tertiary/aromatic N) is 2. The van der Waals surface area contributed by atoms with E-state index >= 15 is 0 Å². The Labute approximate surface area is 131 Å². The molecule has 2 nitrogen and oxygen atoms in total. The zero-order valence-electron chi connectivity index (χ0n) is 12.4. The van der Waals surface area contributed by atoms with Crippen molar-refractivity contribution >= 4 is 35.1 Å². The van der Waals surface area contributed by atoms with Gasteiger partial charge >= 0.3 is 0 Å². The molecule has 0 saturated carbocycles. The van der Waals surface area contributed by atoms with Gasteiger partial charge in [0.1, 0.15) is 5.16 Å². The summed E-state index contributed by atoms with van der Waals surface area (Å²) in [6, 6.07) is 5.99. The zero-order valence-corrected chi connectivity index (χ0v) is 13.9. The van der Waals surface area contributed by atoms with Gasteiger partial charge in [-0.3, -0.25) is 4.99 Å². The van der Waals surface area contributed by atoms with E-state index in [0.29, 0.717) is 5.16 Å². The Balaban J connectivity index is 3.30. The fourth-order valence-electron chi connectivity index (χ4n) is 1.81. The summed E-state index contributed by atoms with van der Waals surface area (Å²) in [5.41, 5.74) is 3.79. The maximum atomic E-state index is 6.31. The molecule has 0 radical (unpaired) electrons. The van der Waals surface area contributed by atoms with E-state index in [1.807, 2.05) is 39.0 Å². The van der Waals surface area contributed by atoms with Crippen molar-refractivity contribution in [2.75, 3.05) is 0 Å². The molecule has 20 heavy (non-hydrogen) atoms. The Morgan fingerprint density at radius 1 is 1.25 bits per heavy atom. The zero-order chi connectivity index (χ0) is 15.1. The molecular weight excluding hydrogens is 291 g/mol. The van der Waals surface area contributed by atoms with Gasteiger partial charge in [-0.2, -0.15) is 0 Å². The number of benzene rings is 1. The second-order valence-electron chi connectivity index (χ2n) is 4.37. The minimum atomic E-state index is 0.434. The highest BCUT2D eigenvalue weighted by molar-refractivity contribution is 6.34. The monoisotopic (exact) mass is 310 g/mol. The maximum Gasteiger partial charge on any atom is 0.150 e. The van der Waals surface area contributed by atoms with Crippen molar-refractivity contribution in [3.05, 3.63) is 45.2 Å². The van der Waals surface area contributed by atoms with E-state index in [1.54, 1.807) is 6.21 Å². The SMILES string of the molecule is C/C=N\C(Cl)=C(/CC)N=C(CC)c1ccc(C)cc1Cl. The summed E-state index contributed by atoms with van der Waals surface area (Å²) in [6.45, 7) is 7.91. The van der Waals surface area contributed by atoms with Gasteiger partial charge in [-0.25, -0.2) is 4.99 Å². The van der Waals surface area contributed by atoms with Crippen LogP contribution in [-0.4, -0.2) is 11.9 Å². The summed E-state index contributed by atoms with van der Waals surface area (Å²) in [4.78, 5) is 8.75. The molecule has 0 N–H and O–H groups in total. The topological polar surface area (TPSA) is 24.7 Å². The normalized spacial score (nSPS) is 13.8. The maximum absolute atomic E-state index is 6.31.